The van der Waals surface area contributed by atoms with Crippen molar-refractivity contribution in [1.82, 2.24) is 0 Å². The van der Waals surface area contributed by atoms with Crippen molar-refractivity contribution in [3.8, 4) is 0 Å². The predicted molar refractivity (Wildman–Crippen MR) is 93.1 cm³/mol. The van der Waals surface area contributed by atoms with Crippen molar-refractivity contribution in [2.24, 2.45) is 0 Å². The van der Waals surface area contributed by atoms with E-state index >= 15 is 0 Å². The van der Waals surface area contributed by atoms with Crippen molar-refractivity contribution in [2.45, 2.75) is 37.5 Å². The Morgan fingerprint density at radius 3 is 2.05 bits per heavy atom. The Bertz CT molecular complexity index is 323. The Labute approximate surface area is 142 Å². The Kier molecular flexibility index (Phi) is 8.21. The summed E-state index contributed by atoms with van der Waals surface area (Å²) in [5.41, 5.74) is 0. The molecule has 0 atom stereocenters. The van der Waals surface area contributed by atoms with E-state index < -0.39 is 17.6 Å². The monoisotopic (exact) mass is 386 g/mol. The quantitative estimate of drug-likeness (QED) is 0.337. The molecule has 0 radical (unpaired) electrons. The third-order valence-corrected chi connectivity index (χ3v) is 9.68. The van der Waals surface area contributed by atoms with Crippen molar-refractivity contribution in [2.75, 3.05) is 36.2 Å². The first kappa shape index (κ1) is 19.2. The molecule has 0 aromatic heterocycles. The van der Waals surface area contributed by atoms with Gasteiger partial charge in [0.15, 0.2) is 0 Å². The Morgan fingerprint density at radius 2 is 1.50 bits per heavy atom. The van der Waals surface area contributed by atoms with E-state index in [1.165, 1.54) is 0 Å². The summed E-state index contributed by atoms with van der Waals surface area (Å²) in [4.78, 5) is 26.6. The lowest BCUT2D eigenvalue weighted by atomic mass is 10.4. The van der Waals surface area contributed by atoms with E-state index in [9.17, 15) is 0 Å². The van der Waals surface area contributed by atoms with Crippen LogP contribution in [-0.4, -0.2) is 74.3 Å². The lowest BCUT2D eigenvalue weighted by molar-refractivity contribution is 0.147. The van der Waals surface area contributed by atoms with Crippen molar-refractivity contribution in [3.05, 3.63) is 0 Å². The van der Waals surface area contributed by atoms with Gasteiger partial charge in [0, 0.05) is 12.1 Å². The van der Waals surface area contributed by atoms with Gasteiger partial charge >= 0.3 is 17.6 Å². The van der Waals surface area contributed by atoms with Gasteiger partial charge in [-0.05, 0) is 42.3 Å². The number of rotatable bonds is 12. The molecule has 0 aromatic rings. The molecular formula is C12H26O6S2Si2. The summed E-state index contributed by atoms with van der Waals surface area (Å²) in [6, 6.07) is 1.09. The summed E-state index contributed by atoms with van der Waals surface area (Å²) in [6.45, 7) is 1.45. The third kappa shape index (κ3) is 7.20. The fourth-order valence-electron chi connectivity index (χ4n) is 2.39. The second-order valence-electron chi connectivity index (χ2n) is 5.60. The summed E-state index contributed by atoms with van der Waals surface area (Å²) in [5.74, 6) is 4.22. The van der Waals surface area contributed by atoms with E-state index in [1.54, 1.807) is 0 Å². The van der Waals surface area contributed by atoms with Gasteiger partial charge in [0.2, 0.25) is 0 Å². The average molecular weight is 387 g/mol. The highest BCUT2D eigenvalue weighted by molar-refractivity contribution is 8.00. The van der Waals surface area contributed by atoms with E-state index in [-0.39, 0.29) is 12.1 Å². The zero-order valence-corrected chi connectivity index (χ0v) is 16.4. The second kappa shape index (κ2) is 9.40. The molecule has 2 aliphatic rings. The van der Waals surface area contributed by atoms with E-state index in [2.05, 4.69) is 0 Å². The van der Waals surface area contributed by atoms with Crippen LogP contribution in [0.25, 0.3) is 0 Å². The molecule has 130 valence electrons. The first-order valence-electron chi connectivity index (χ1n) is 7.77. The molecule has 0 saturated carbocycles. The number of hydrogen-bond donors (Lipinski definition) is 3. The van der Waals surface area contributed by atoms with Gasteiger partial charge in [-0.2, -0.15) is 23.5 Å². The van der Waals surface area contributed by atoms with Gasteiger partial charge in [0.05, 0.1) is 19.3 Å². The van der Waals surface area contributed by atoms with Gasteiger partial charge in [-0.15, -0.1) is 0 Å². The molecule has 10 heteroatoms. The Hall–Kier alpha value is 0.894. The highest BCUT2D eigenvalue weighted by Crippen LogP contribution is 2.32. The van der Waals surface area contributed by atoms with Gasteiger partial charge < -0.3 is 27.7 Å². The fourth-order valence-corrected chi connectivity index (χ4v) is 8.30. The molecule has 2 heterocycles. The van der Waals surface area contributed by atoms with Crippen LogP contribution in [0.4, 0.5) is 0 Å². The minimum absolute atomic E-state index is 0.146. The smallest absolute Gasteiger partial charge is 0.390 e. The Balaban J connectivity index is 1.33. The van der Waals surface area contributed by atoms with Crippen LogP contribution >= 0.6 is 23.5 Å². The van der Waals surface area contributed by atoms with Crippen LogP contribution < -0.4 is 0 Å². The second-order valence-corrected chi connectivity index (χ2v) is 12.8. The maximum Gasteiger partial charge on any atom is 0.501 e. The highest BCUT2D eigenvalue weighted by Gasteiger charge is 2.54. The van der Waals surface area contributed by atoms with Gasteiger partial charge in [-0.3, -0.25) is 0 Å². The van der Waals surface area contributed by atoms with Crippen molar-refractivity contribution in [3.63, 3.8) is 0 Å². The van der Waals surface area contributed by atoms with Crippen LogP contribution in [0, 0.1) is 0 Å². The highest BCUT2D eigenvalue weighted by atomic mass is 32.2. The van der Waals surface area contributed by atoms with Gasteiger partial charge in [-0.25, -0.2) is 0 Å². The summed E-state index contributed by atoms with van der Waals surface area (Å²) >= 11 is 3.77. The van der Waals surface area contributed by atoms with Crippen LogP contribution in [-0.2, 0) is 13.3 Å². The van der Waals surface area contributed by atoms with E-state index in [0.29, 0.717) is 6.42 Å². The lowest BCUT2D eigenvalue weighted by Crippen LogP contribution is -2.38. The maximum atomic E-state index is 8.87. The summed E-state index contributed by atoms with van der Waals surface area (Å²) < 4.78 is 17.2. The molecular weight excluding hydrogens is 360 g/mol. The number of hydrogen-bond acceptors (Lipinski definition) is 8. The summed E-state index contributed by atoms with van der Waals surface area (Å²) in [6.07, 6.45) is 3.11. The lowest BCUT2D eigenvalue weighted by Gasteiger charge is -2.18. The van der Waals surface area contributed by atoms with Crippen LogP contribution in [0.5, 0.6) is 0 Å². The zero-order valence-electron chi connectivity index (χ0n) is 12.7. The van der Waals surface area contributed by atoms with E-state index in [4.69, 9.17) is 27.7 Å². The SMILES string of the molecule is O[Si](O)(O)CCCSCCCSCCC[Si]12OCC(CO1)O2. The minimum atomic E-state index is -3.81. The topological polar surface area (TPSA) is 88.4 Å². The molecule has 0 aromatic carbocycles. The van der Waals surface area contributed by atoms with Crippen molar-refractivity contribution in [1.29, 1.82) is 0 Å². The van der Waals surface area contributed by atoms with Gasteiger partial charge in [0.25, 0.3) is 0 Å². The molecule has 2 bridgehead atoms. The average Bonchev–Trinajstić information content (AvgIpc) is 3.04. The van der Waals surface area contributed by atoms with Crippen molar-refractivity contribution < 1.29 is 27.7 Å². The summed E-state index contributed by atoms with van der Waals surface area (Å²) in [5, 5.41) is 0. The van der Waals surface area contributed by atoms with Crippen LogP contribution in [0.15, 0.2) is 0 Å². The fraction of sp³-hybridized carbons (Fsp3) is 1.00. The first-order chi connectivity index (χ1) is 10.5. The molecule has 3 N–H and O–H groups in total. The third-order valence-electron chi connectivity index (χ3n) is 3.47. The van der Waals surface area contributed by atoms with Crippen LogP contribution in [0.2, 0.25) is 12.1 Å². The normalized spacial score (nSPS) is 27.7. The molecule has 2 rings (SSSR count). The van der Waals surface area contributed by atoms with Crippen LogP contribution in [0.3, 0.4) is 0 Å². The molecule has 22 heavy (non-hydrogen) atoms. The predicted octanol–water partition coefficient (Wildman–Crippen LogP) is 0.923. The van der Waals surface area contributed by atoms with Crippen molar-refractivity contribution >= 4 is 41.1 Å². The first-order valence-corrected chi connectivity index (χ1v) is 14.1. The van der Waals surface area contributed by atoms with E-state index in [1.807, 2.05) is 23.5 Å². The van der Waals surface area contributed by atoms with Gasteiger partial charge in [-0.1, -0.05) is 0 Å². The molecule has 2 fully saturated rings. The molecule has 2 aliphatic heterocycles. The van der Waals surface area contributed by atoms with E-state index in [0.717, 1.165) is 55.1 Å². The molecule has 6 nitrogen and oxygen atoms in total. The molecule has 0 aliphatic carbocycles. The Morgan fingerprint density at radius 1 is 0.909 bits per heavy atom. The number of fused-ring (bicyclic) bond motifs is 2. The van der Waals surface area contributed by atoms with Crippen LogP contribution in [0.1, 0.15) is 19.3 Å². The standard InChI is InChI=1S/C12H26O6S2Si2/c13-21(14,15)8-2-6-19-4-1-5-20-7-3-9-22-16-10-12(18-22)11-17-22/h12-15H,1-11H2. The van der Waals surface area contributed by atoms with Gasteiger partial charge in [0.1, 0.15) is 0 Å². The largest absolute Gasteiger partial charge is 0.501 e. The molecule has 0 amide bonds. The minimum Gasteiger partial charge on any atom is -0.390 e. The number of thioether (sulfide) groups is 2. The zero-order chi connectivity index (χ0) is 15.9. The molecule has 0 spiro atoms. The molecule has 2 saturated heterocycles. The maximum absolute atomic E-state index is 8.87. The summed E-state index contributed by atoms with van der Waals surface area (Å²) in [7, 11) is -6.02. The molecule has 0 unspecified atom stereocenters.